The van der Waals surface area contributed by atoms with Crippen LogP contribution in [-0.2, 0) is 28.7 Å². The van der Waals surface area contributed by atoms with Crippen LogP contribution in [0.2, 0.25) is 0 Å². The van der Waals surface area contributed by atoms with Gasteiger partial charge >= 0.3 is 11.9 Å². The molecule has 3 aromatic carbocycles. The number of rotatable bonds is 12. The molecular weight excluding hydrogens is 572 g/mol. The van der Waals surface area contributed by atoms with E-state index in [0.29, 0.717) is 0 Å². The van der Waals surface area contributed by atoms with Crippen molar-refractivity contribution in [1.82, 2.24) is 0 Å². The number of ketones is 2. The number of ether oxygens (including phenoxy) is 2. The van der Waals surface area contributed by atoms with Crippen LogP contribution >= 0.6 is 0 Å². The molecule has 0 aromatic heterocycles. The van der Waals surface area contributed by atoms with Crippen molar-refractivity contribution in [3.05, 3.63) is 83.9 Å². The summed E-state index contributed by atoms with van der Waals surface area (Å²) in [4.78, 5) is 73.8. The fraction of sp³-hybridized carbons (Fsp3) is 0.200. The normalized spacial score (nSPS) is 12.3. The summed E-state index contributed by atoms with van der Waals surface area (Å²) in [6.45, 7) is 2.34. The van der Waals surface area contributed by atoms with Crippen molar-refractivity contribution in [2.75, 3.05) is 24.9 Å². The summed E-state index contributed by atoms with van der Waals surface area (Å²) < 4.78 is 9.41. The van der Waals surface area contributed by atoms with Gasteiger partial charge in [-0.3, -0.25) is 19.2 Å². The second-order valence-corrected chi connectivity index (χ2v) is 9.03. The molecule has 3 rings (SSSR count). The van der Waals surface area contributed by atoms with Crippen molar-refractivity contribution in [2.45, 2.75) is 25.9 Å². The first-order chi connectivity index (χ1) is 21.0. The first kappa shape index (κ1) is 32.6. The predicted molar refractivity (Wildman–Crippen MR) is 157 cm³/mol. The van der Waals surface area contributed by atoms with Gasteiger partial charge < -0.3 is 20.1 Å². The van der Waals surface area contributed by atoms with E-state index in [-0.39, 0.29) is 33.9 Å². The van der Waals surface area contributed by atoms with Crippen LogP contribution in [0.4, 0.5) is 22.7 Å². The summed E-state index contributed by atoms with van der Waals surface area (Å²) in [5.41, 5.74) is 1.000. The number of methoxy groups -OCH3 is 2. The first-order valence-electron chi connectivity index (χ1n) is 12.9. The van der Waals surface area contributed by atoms with Crippen LogP contribution in [0.15, 0.2) is 93.3 Å². The Hall–Kier alpha value is -5.92. The summed E-state index contributed by atoms with van der Waals surface area (Å²) in [7, 11) is 2.42. The Bertz CT molecular complexity index is 1510. The number of benzene rings is 3. The van der Waals surface area contributed by atoms with Gasteiger partial charge in [0.15, 0.2) is 11.6 Å². The number of esters is 2. The highest BCUT2D eigenvalue weighted by molar-refractivity contribution is 6.11. The number of anilines is 2. The lowest BCUT2D eigenvalue weighted by Crippen LogP contribution is -2.32. The second kappa shape index (κ2) is 15.3. The number of amides is 2. The smallest absolute Gasteiger partial charge is 0.340 e. The number of Topliss-reactive ketones (excluding diaryl/α,β-unsaturated/α-hetero) is 2. The predicted octanol–water partition coefficient (Wildman–Crippen LogP) is 4.62. The first-order valence-corrected chi connectivity index (χ1v) is 12.9. The van der Waals surface area contributed by atoms with E-state index in [2.05, 4.69) is 31.1 Å². The van der Waals surface area contributed by atoms with Crippen LogP contribution in [0.5, 0.6) is 0 Å². The highest BCUT2D eigenvalue weighted by Crippen LogP contribution is 2.22. The molecular formula is C30H28N6O8. The Balaban J connectivity index is 1.69. The number of nitrogens with one attached hydrogen (secondary N) is 2. The van der Waals surface area contributed by atoms with Gasteiger partial charge in [-0.05, 0) is 62.4 Å². The molecule has 0 aliphatic heterocycles. The van der Waals surface area contributed by atoms with Crippen LogP contribution in [0.25, 0.3) is 0 Å². The number of hydrogen-bond acceptors (Lipinski definition) is 12. The van der Waals surface area contributed by atoms with Crippen molar-refractivity contribution in [2.24, 2.45) is 20.5 Å². The molecule has 0 aliphatic carbocycles. The van der Waals surface area contributed by atoms with Crippen molar-refractivity contribution in [3.8, 4) is 0 Å². The molecule has 0 aliphatic rings. The lowest BCUT2D eigenvalue weighted by atomic mass is 10.1. The van der Waals surface area contributed by atoms with E-state index in [1.807, 2.05) is 0 Å². The minimum atomic E-state index is -1.51. The molecule has 0 heterocycles. The Morgan fingerprint density at radius 1 is 0.568 bits per heavy atom. The zero-order chi connectivity index (χ0) is 32.2. The third-order valence-electron chi connectivity index (χ3n) is 5.87. The molecule has 0 spiro atoms. The summed E-state index contributed by atoms with van der Waals surface area (Å²) in [5.74, 6) is -4.06. The van der Waals surface area contributed by atoms with Crippen LogP contribution in [0.1, 0.15) is 34.6 Å². The maximum absolute atomic E-state index is 12.8. The standard InChI is InChI=1S/C30H28N6O8/c1-17(37)25(35-33-23-11-7-5-9-21(23)29(41)43-3)27(39)31-19-13-15-20(16-14-19)32-28(40)26(18(2)38)36-34-24-12-8-6-10-22(24)30(42)44-4/h5-16,25-26H,1-4H3,(H,31,39)(H,32,40). The maximum Gasteiger partial charge on any atom is 0.340 e. The fourth-order valence-corrected chi connectivity index (χ4v) is 3.62. The van der Waals surface area contributed by atoms with Gasteiger partial charge in [0.25, 0.3) is 11.8 Å². The topological polar surface area (TPSA) is 194 Å². The van der Waals surface area contributed by atoms with E-state index in [4.69, 9.17) is 9.47 Å². The molecule has 44 heavy (non-hydrogen) atoms. The Morgan fingerprint density at radius 2 is 0.909 bits per heavy atom. The van der Waals surface area contributed by atoms with Crippen LogP contribution < -0.4 is 10.6 Å². The van der Waals surface area contributed by atoms with Gasteiger partial charge in [-0.15, -0.1) is 0 Å². The molecule has 0 bridgehead atoms. The van der Waals surface area contributed by atoms with Gasteiger partial charge in [0, 0.05) is 11.4 Å². The zero-order valence-corrected chi connectivity index (χ0v) is 24.1. The number of carbonyl (C=O) groups is 6. The van der Waals surface area contributed by atoms with Crippen LogP contribution in [-0.4, -0.2) is 61.6 Å². The average Bonchev–Trinajstić information content (AvgIpc) is 3.01. The largest absolute Gasteiger partial charge is 0.465 e. The number of hydrogen-bond donors (Lipinski definition) is 2. The van der Waals surface area contributed by atoms with Crippen molar-refractivity contribution >= 4 is 58.1 Å². The molecule has 0 radical (unpaired) electrons. The summed E-state index contributed by atoms with van der Waals surface area (Å²) >= 11 is 0. The Kier molecular flexibility index (Phi) is 11.4. The number of carbonyl (C=O) groups excluding carboxylic acids is 6. The minimum Gasteiger partial charge on any atom is -0.465 e. The van der Waals surface area contributed by atoms with Crippen molar-refractivity contribution in [1.29, 1.82) is 0 Å². The van der Waals surface area contributed by atoms with Gasteiger partial charge in [-0.1, -0.05) is 24.3 Å². The van der Waals surface area contributed by atoms with Gasteiger partial charge in [0.05, 0.1) is 36.7 Å². The molecule has 2 N–H and O–H groups in total. The average molecular weight is 601 g/mol. The SMILES string of the molecule is COC(=O)c1ccccc1N=NC(C(C)=O)C(=O)Nc1ccc(NC(=O)C(N=Nc2ccccc2C(=O)OC)C(C)=O)cc1. The lowest BCUT2D eigenvalue weighted by Gasteiger charge is -2.12. The molecule has 14 nitrogen and oxygen atoms in total. The molecule has 2 atom stereocenters. The molecule has 0 saturated heterocycles. The summed E-state index contributed by atoms with van der Waals surface area (Å²) in [6, 6.07) is 15.1. The molecule has 226 valence electrons. The van der Waals surface area contributed by atoms with Gasteiger partial charge in [0.1, 0.15) is 0 Å². The maximum atomic E-state index is 12.8. The quantitative estimate of drug-likeness (QED) is 0.171. The molecule has 0 fully saturated rings. The van der Waals surface area contributed by atoms with Crippen molar-refractivity contribution < 1.29 is 38.2 Å². The zero-order valence-electron chi connectivity index (χ0n) is 24.1. The summed E-state index contributed by atoms with van der Waals surface area (Å²) in [5, 5.41) is 20.6. The summed E-state index contributed by atoms with van der Waals surface area (Å²) in [6.07, 6.45) is 0. The van der Waals surface area contributed by atoms with E-state index < -0.39 is 47.4 Å². The van der Waals surface area contributed by atoms with Gasteiger partial charge in [-0.2, -0.15) is 20.5 Å². The van der Waals surface area contributed by atoms with E-state index in [1.165, 1.54) is 76.6 Å². The highest BCUT2D eigenvalue weighted by Gasteiger charge is 2.25. The molecule has 2 unspecified atom stereocenters. The van der Waals surface area contributed by atoms with E-state index in [0.717, 1.165) is 0 Å². The monoisotopic (exact) mass is 600 g/mol. The van der Waals surface area contributed by atoms with E-state index in [1.54, 1.807) is 24.3 Å². The van der Waals surface area contributed by atoms with Gasteiger partial charge in [0.2, 0.25) is 12.1 Å². The van der Waals surface area contributed by atoms with Gasteiger partial charge in [-0.25, -0.2) is 9.59 Å². The number of azo groups is 2. The second-order valence-electron chi connectivity index (χ2n) is 9.03. The molecule has 3 aromatic rings. The Labute approximate surface area is 251 Å². The molecule has 14 heteroatoms. The fourth-order valence-electron chi connectivity index (χ4n) is 3.62. The minimum absolute atomic E-state index is 0.110. The van der Waals surface area contributed by atoms with E-state index in [9.17, 15) is 28.8 Å². The van der Waals surface area contributed by atoms with E-state index >= 15 is 0 Å². The van der Waals surface area contributed by atoms with Crippen LogP contribution in [0.3, 0.4) is 0 Å². The number of nitrogens with zero attached hydrogens (tertiary/aromatic N) is 4. The lowest BCUT2D eigenvalue weighted by molar-refractivity contribution is -0.127. The molecule has 2 amide bonds. The third-order valence-corrected chi connectivity index (χ3v) is 5.87. The van der Waals surface area contributed by atoms with Crippen molar-refractivity contribution in [3.63, 3.8) is 0 Å². The third kappa shape index (κ3) is 8.55. The molecule has 0 saturated carbocycles. The van der Waals surface area contributed by atoms with Crippen LogP contribution in [0, 0.1) is 0 Å². The highest BCUT2D eigenvalue weighted by atomic mass is 16.5. The Morgan fingerprint density at radius 3 is 1.23 bits per heavy atom.